The normalized spacial score (nSPS) is 10.5. The summed E-state index contributed by atoms with van der Waals surface area (Å²) in [5.74, 6) is -0.221. The maximum atomic E-state index is 11.7. The first-order chi connectivity index (χ1) is 8.06. The van der Waals surface area contributed by atoms with Crippen LogP contribution in [0.1, 0.15) is 21.7 Å². The highest BCUT2D eigenvalue weighted by molar-refractivity contribution is 7.13. The molecule has 0 atom stereocenters. The van der Waals surface area contributed by atoms with Gasteiger partial charge in [-0.15, -0.1) is 11.3 Å². The van der Waals surface area contributed by atoms with E-state index < -0.39 is 0 Å². The van der Waals surface area contributed by atoms with E-state index in [1.807, 2.05) is 20.2 Å². The van der Waals surface area contributed by atoms with Gasteiger partial charge < -0.3 is 11.1 Å². The van der Waals surface area contributed by atoms with Crippen molar-refractivity contribution >= 4 is 22.4 Å². The Bertz CT molecular complexity index is 545. The fourth-order valence-corrected chi connectivity index (χ4v) is 2.02. The van der Waals surface area contributed by atoms with Crippen LogP contribution in [-0.2, 0) is 13.6 Å². The molecular weight excluding hydrogens is 238 g/mol. The molecule has 2 heterocycles. The Morgan fingerprint density at radius 2 is 2.41 bits per heavy atom. The molecule has 0 aliphatic carbocycles. The summed E-state index contributed by atoms with van der Waals surface area (Å²) in [6.07, 6.45) is 1.88. The zero-order valence-electron chi connectivity index (χ0n) is 9.60. The van der Waals surface area contributed by atoms with E-state index in [4.69, 9.17) is 5.73 Å². The van der Waals surface area contributed by atoms with Crippen molar-refractivity contribution in [1.29, 1.82) is 0 Å². The van der Waals surface area contributed by atoms with Crippen LogP contribution in [0, 0.1) is 6.92 Å². The molecule has 2 rings (SSSR count). The lowest BCUT2D eigenvalue weighted by molar-refractivity contribution is 0.0946. The molecule has 0 unspecified atom stereocenters. The third kappa shape index (κ3) is 2.62. The van der Waals surface area contributed by atoms with Gasteiger partial charge in [-0.2, -0.15) is 5.10 Å². The van der Waals surface area contributed by atoms with E-state index in [9.17, 15) is 4.79 Å². The van der Waals surface area contributed by atoms with Crippen LogP contribution in [-0.4, -0.2) is 20.7 Å². The topological polar surface area (TPSA) is 85.8 Å². The number of rotatable bonds is 3. The van der Waals surface area contributed by atoms with Crippen molar-refractivity contribution in [1.82, 2.24) is 20.1 Å². The highest BCUT2D eigenvalue weighted by atomic mass is 32.1. The van der Waals surface area contributed by atoms with Crippen LogP contribution in [0.4, 0.5) is 5.13 Å². The number of nitrogens with two attached hydrogens (primary N) is 1. The molecule has 0 aliphatic rings. The summed E-state index contributed by atoms with van der Waals surface area (Å²) in [5, 5.41) is 9.01. The Kier molecular flexibility index (Phi) is 3.10. The van der Waals surface area contributed by atoms with Crippen molar-refractivity contribution in [3.63, 3.8) is 0 Å². The monoisotopic (exact) mass is 251 g/mol. The summed E-state index contributed by atoms with van der Waals surface area (Å²) < 4.78 is 1.72. The summed E-state index contributed by atoms with van der Waals surface area (Å²) >= 11 is 1.25. The van der Waals surface area contributed by atoms with Crippen LogP contribution >= 0.6 is 11.3 Å². The highest BCUT2D eigenvalue weighted by Gasteiger charge is 2.10. The first-order valence-electron chi connectivity index (χ1n) is 5.04. The van der Waals surface area contributed by atoms with Crippen molar-refractivity contribution in [2.24, 2.45) is 7.05 Å². The Morgan fingerprint density at radius 1 is 1.65 bits per heavy atom. The van der Waals surface area contributed by atoms with E-state index in [1.54, 1.807) is 10.1 Å². The molecule has 0 radical (unpaired) electrons. The van der Waals surface area contributed by atoms with Crippen LogP contribution < -0.4 is 11.1 Å². The fourth-order valence-electron chi connectivity index (χ4n) is 1.48. The average Bonchev–Trinajstić information content (AvgIpc) is 2.82. The molecule has 0 saturated carbocycles. The van der Waals surface area contributed by atoms with Gasteiger partial charge in [0.05, 0.1) is 5.69 Å². The number of amides is 1. The van der Waals surface area contributed by atoms with Crippen molar-refractivity contribution in [2.45, 2.75) is 13.5 Å². The van der Waals surface area contributed by atoms with Gasteiger partial charge in [-0.1, -0.05) is 0 Å². The van der Waals surface area contributed by atoms with E-state index >= 15 is 0 Å². The van der Waals surface area contributed by atoms with E-state index in [0.717, 1.165) is 11.3 Å². The number of nitrogens with one attached hydrogen (secondary N) is 1. The summed E-state index contributed by atoms with van der Waals surface area (Å²) in [4.78, 5) is 15.6. The molecule has 6 nitrogen and oxygen atoms in total. The largest absolute Gasteiger partial charge is 0.375 e. The zero-order valence-corrected chi connectivity index (χ0v) is 10.4. The lowest BCUT2D eigenvalue weighted by atomic mass is 10.2. The molecule has 0 saturated heterocycles. The van der Waals surface area contributed by atoms with Gasteiger partial charge in [0.1, 0.15) is 5.69 Å². The molecule has 0 bridgehead atoms. The third-order valence-corrected chi connectivity index (χ3v) is 2.98. The fraction of sp³-hybridized carbons (Fsp3) is 0.300. The van der Waals surface area contributed by atoms with Gasteiger partial charge in [-0.05, 0) is 6.92 Å². The standard InChI is InChI=1S/C10H13N5OS/c1-6-7(4-15(2)14-6)3-12-9(16)8-5-17-10(11)13-8/h4-5H,3H2,1-2H3,(H2,11,13)(H,12,16). The maximum Gasteiger partial charge on any atom is 0.271 e. The Labute approximate surface area is 102 Å². The van der Waals surface area contributed by atoms with Crippen molar-refractivity contribution in [3.05, 3.63) is 28.5 Å². The van der Waals surface area contributed by atoms with Crippen LogP contribution in [0.5, 0.6) is 0 Å². The molecule has 7 heteroatoms. The summed E-state index contributed by atoms with van der Waals surface area (Å²) in [6, 6.07) is 0. The van der Waals surface area contributed by atoms with Gasteiger partial charge in [0.15, 0.2) is 5.13 Å². The maximum absolute atomic E-state index is 11.7. The summed E-state index contributed by atoms with van der Waals surface area (Å²) in [7, 11) is 1.85. The SMILES string of the molecule is Cc1nn(C)cc1CNC(=O)c1csc(N)n1. The van der Waals surface area contributed by atoms with Crippen LogP contribution in [0.2, 0.25) is 0 Å². The van der Waals surface area contributed by atoms with E-state index in [1.165, 1.54) is 11.3 Å². The van der Waals surface area contributed by atoms with Gasteiger partial charge >= 0.3 is 0 Å². The minimum Gasteiger partial charge on any atom is -0.375 e. The van der Waals surface area contributed by atoms with Gasteiger partial charge in [-0.3, -0.25) is 9.48 Å². The smallest absolute Gasteiger partial charge is 0.271 e. The molecule has 2 aromatic rings. The van der Waals surface area contributed by atoms with Crippen molar-refractivity contribution in [2.75, 3.05) is 5.73 Å². The van der Waals surface area contributed by atoms with Gasteiger partial charge in [0.2, 0.25) is 0 Å². The summed E-state index contributed by atoms with van der Waals surface area (Å²) in [5.41, 5.74) is 7.72. The minimum absolute atomic E-state index is 0.221. The molecule has 0 spiro atoms. The number of carbonyl (C=O) groups excluding carboxylic acids is 1. The van der Waals surface area contributed by atoms with Crippen LogP contribution in [0.25, 0.3) is 0 Å². The number of hydrogen-bond acceptors (Lipinski definition) is 5. The number of thiazole rings is 1. The second-order valence-corrected chi connectivity index (χ2v) is 4.56. The number of aromatic nitrogens is 3. The molecule has 1 amide bonds. The van der Waals surface area contributed by atoms with E-state index in [0.29, 0.717) is 17.4 Å². The Balaban J connectivity index is 1.99. The Morgan fingerprint density at radius 3 is 2.94 bits per heavy atom. The quantitative estimate of drug-likeness (QED) is 0.840. The first-order valence-corrected chi connectivity index (χ1v) is 5.92. The second-order valence-electron chi connectivity index (χ2n) is 3.67. The number of nitrogens with zero attached hydrogens (tertiary/aromatic N) is 3. The highest BCUT2D eigenvalue weighted by Crippen LogP contribution is 2.11. The van der Waals surface area contributed by atoms with E-state index in [-0.39, 0.29) is 5.91 Å². The van der Waals surface area contributed by atoms with Gasteiger partial charge in [-0.25, -0.2) is 4.98 Å². The number of anilines is 1. The van der Waals surface area contributed by atoms with Crippen LogP contribution in [0.3, 0.4) is 0 Å². The average molecular weight is 251 g/mol. The van der Waals surface area contributed by atoms with Gasteiger partial charge in [0.25, 0.3) is 5.91 Å². The number of nitrogen functional groups attached to an aromatic ring is 1. The minimum atomic E-state index is -0.221. The van der Waals surface area contributed by atoms with Crippen molar-refractivity contribution < 1.29 is 4.79 Å². The molecule has 17 heavy (non-hydrogen) atoms. The Hall–Kier alpha value is -1.89. The molecule has 0 aliphatic heterocycles. The third-order valence-electron chi connectivity index (χ3n) is 2.31. The number of carbonyl (C=O) groups is 1. The predicted octanol–water partition coefficient (Wildman–Crippen LogP) is 0.697. The zero-order chi connectivity index (χ0) is 12.4. The molecular formula is C10H13N5OS. The molecule has 90 valence electrons. The van der Waals surface area contributed by atoms with E-state index in [2.05, 4.69) is 15.4 Å². The second kappa shape index (κ2) is 4.54. The van der Waals surface area contributed by atoms with Crippen molar-refractivity contribution in [3.8, 4) is 0 Å². The summed E-state index contributed by atoms with van der Waals surface area (Å²) in [6.45, 7) is 2.35. The molecule has 3 N–H and O–H groups in total. The lowest BCUT2D eigenvalue weighted by Crippen LogP contribution is -2.23. The number of hydrogen-bond donors (Lipinski definition) is 2. The lowest BCUT2D eigenvalue weighted by Gasteiger charge is -2.01. The predicted molar refractivity (Wildman–Crippen MR) is 65.6 cm³/mol. The first kappa shape index (κ1) is 11.6. The van der Waals surface area contributed by atoms with Crippen LogP contribution in [0.15, 0.2) is 11.6 Å². The molecule has 0 aromatic carbocycles. The molecule has 0 fully saturated rings. The van der Waals surface area contributed by atoms with Gasteiger partial charge in [0, 0.05) is 30.7 Å². The number of aryl methyl sites for hydroxylation is 2. The molecule has 2 aromatic heterocycles.